The third-order valence-corrected chi connectivity index (χ3v) is 4.89. The number of rotatable bonds is 9. The maximum atomic E-state index is 11.2. The Morgan fingerprint density at radius 2 is 1.87 bits per heavy atom. The lowest BCUT2D eigenvalue weighted by Crippen LogP contribution is -2.21. The molecule has 0 spiro atoms. The number of carboxylic acid groups (broad SMARTS) is 1. The number of carbonyl (C=O) groups is 1. The summed E-state index contributed by atoms with van der Waals surface area (Å²) in [6.45, 7) is 3.01. The van der Waals surface area contributed by atoms with E-state index in [0.717, 1.165) is 44.5 Å². The Kier molecular flexibility index (Phi) is 7.44. The van der Waals surface area contributed by atoms with E-state index < -0.39 is 5.97 Å². The van der Waals surface area contributed by atoms with Gasteiger partial charge in [0.25, 0.3) is 0 Å². The molecule has 0 saturated heterocycles. The van der Waals surface area contributed by atoms with Gasteiger partial charge in [0.15, 0.2) is 0 Å². The normalized spacial score (nSPS) is 21.1. The smallest absolute Gasteiger partial charge is 0.306 e. The fraction of sp³-hybridized carbons (Fsp3) is 0.650. The molecule has 0 aromatic heterocycles. The zero-order chi connectivity index (χ0) is 16.5. The maximum Gasteiger partial charge on any atom is 0.306 e. The Morgan fingerprint density at radius 1 is 1.13 bits per heavy atom. The van der Waals surface area contributed by atoms with Crippen LogP contribution in [0.2, 0.25) is 0 Å². The number of hydrogen-bond acceptors (Lipinski definition) is 2. The van der Waals surface area contributed by atoms with Gasteiger partial charge in [0.2, 0.25) is 0 Å². The fourth-order valence-corrected chi connectivity index (χ4v) is 3.45. The quantitative estimate of drug-likeness (QED) is 0.621. The predicted octanol–water partition coefficient (Wildman–Crippen LogP) is 5.39. The highest BCUT2D eigenvalue weighted by atomic mass is 16.5. The second-order valence-electron chi connectivity index (χ2n) is 6.73. The molecule has 2 rings (SSSR count). The number of ether oxygens (including phenoxy) is 1. The van der Waals surface area contributed by atoms with Crippen molar-refractivity contribution in [3.05, 3.63) is 29.8 Å². The van der Waals surface area contributed by atoms with Gasteiger partial charge in [0.1, 0.15) is 5.75 Å². The van der Waals surface area contributed by atoms with Gasteiger partial charge in [-0.15, -0.1) is 0 Å². The molecule has 0 heterocycles. The maximum absolute atomic E-state index is 11.2. The van der Waals surface area contributed by atoms with E-state index in [1.165, 1.54) is 31.2 Å². The van der Waals surface area contributed by atoms with Gasteiger partial charge in [-0.25, -0.2) is 0 Å². The van der Waals surface area contributed by atoms with Crippen LogP contribution in [-0.4, -0.2) is 17.7 Å². The second kappa shape index (κ2) is 9.59. The monoisotopic (exact) mass is 318 g/mol. The van der Waals surface area contributed by atoms with Crippen LogP contribution in [0.4, 0.5) is 0 Å². The van der Waals surface area contributed by atoms with E-state index in [9.17, 15) is 9.90 Å². The highest BCUT2D eigenvalue weighted by Crippen LogP contribution is 2.36. The number of carboxylic acids is 1. The van der Waals surface area contributed by atoms with Crippen LogP contribution >= 0.6 is 0 Å². The van der Waals surface area contributed by atoms with E-state index in [2.05, 4.69) is 19.1 Å². The predicted molar refractivity (Wildman–Crippen MR) is 93.0 cm³/mol. The van der Waals surface area contributed by atoms with Gasteiger partial charge in [-0.1, -0.05) is 51.2 Å². The van der Waals surface area contributed by atoms with Crippen molar-refractivity contribution in [2.75, 3.05) is 6.61 Å². The van der Waals surface area contributed by atoms with Crippen LogP contribution in [0.5, 0.6) is 5.75 Å². The van der Waals surface area contributed by atoms with E-state index in [-0.39, 0.29) is 5.92 Å². The zero-order valence-corrected chi connectivity index (χ0v) is 14.3. The van der Waals surface area contributed by atoms with E-state index in [4.69, 9.17) is 4.74 Å². The molecule has 1 aliphatic rings. The van der Waals surface area contributed by atoms with Crippen molar-refractivity contribution in [2.45, 2.75) is 70.6 Å². The lowest BCUT2D eigenvalue weighted by molar-refractivity contribution is -0.142. The SMILES string of the molecule is CCCCCCCOc1ccc(C2CCCC(C(=O)O)C2)cc1. The van der Waals surface area contributed by atoms with Crippen LogP contribution in [-0.2, 0) is 4.79 Å². The van der Waals surface area contributed by atoms with E-state index in [1.54, 1.807) is 0 Å². The molecule has 2 unspecified atom stereocenters. The van der Waals surface area contributed by atoms with Gasteiger partial charge < -0.3 is 9.84 Å². The van der Waals surface area contributed by atoms with E-state index in [1.807, 2.05) is 12.1 Å². The van der Waals surface area contributed by atoms with Gasteiger partial charge in [0, 0.05) is 0 Å². The molecule has 0 amide bonds. The van der Waals surface area contributed by atoms with Crippen molar-refractivity contribution >= 4 is 5.97 Å². The first kappa shape index (κ1) is 17.8. The van der Waals surface area contributed by atoms with Crippen LogP contribution in [0.3, 0.4) is 0 Å². The Hall–Kier alpha value is -1.51. The Morgan fingerprint density at radius 3 is 2.57 bits per heavy atom. The molecule has 1 fully saturated rings. The summed E-state index contributed by atoms with van der Waals surface area (Å²) in [4.78, 5) is 11.2. The van der Waals surface area contributed by atoms with Crippen LogP contribution in [0.25, 0.3) is 0 Å². The third-order valence-electron chi connectivity index (χ3n) is 4.89. The zero-order valence-electron chi connectivity index (χ0n) is 14.3. The summed E-state index contributed by atoms with van der Waals surface area (Å²) >= 11 is 0. The molecule has 1 saturated carbocycles. The average molecular weight is 318 g/mol. The van der Waals surface area contributed by atoms with Crippen molar-refractivity contribution < 1.29 is 14.6 Å². The molecular formula is C20H30O3. The van der Waals surface area contributed by atoms with Crippen LogP contribution < -0.4 is 4.74 Å². The first-order chi connectivity index (χ1) is 11.2. The minimum Gasteiger partial charge on any atom is -0.494 e. The molecule has 2 atom stereocenters. The second-order valence-corrected chi connectivity index (χ2v) is 6.73. The number of hydrogen-bond donors (Lipinski definition) is 1. The Labute approximate surface area is 140 Å². The fourth-order valence-electron chi connectivity index (χ4n) is 3.45. The molecular weight excluding hydrogens is 288 g/mol. The van der Waals surface area contributed by atoms with Gasteiger partial charge in [-0.3, -0.25) is 4.79 Å². The van der Waals surface area contributed by atoms with Gasteiger partial charge in [-0.2, -0.15) is 0 Å². The van der Waals surface area contributed by atoms with Crippen molar-refractivity contribution in [1.29, 1.82) is 0 Å². The molecule has 0 aliphatic heterocycles. The lowest BCUT2D eigenvalue weighted by atomic mass is 9.78. The van der Waals surface area contributed by atoms with Crippen LogP contribution in [0, 0.1) is 5.92 Å². The first-order valence-electron chi connectivity index (χ1n) is 9.16. The molecule has 23 heavy (non-hydrogen) atoms. The summed E-state index contributed by atoms with van der Waals surface area (Å²) in [5.74, 6) is 0.494. The van der Waals surface area contributed by atoms with Crippen molar-refractivity contribution in [3.8, 4) is 5.75 Å². The largest absolute Gasteiger partial charge is 0.494 e. The third kappa shape index (κ3) is 5.89. The first-order valence-corrected chi connectivity index (χ1v) is 9.16. The minimum absolute atomic E-state index is 0.173. The highest BCUT2D eigenvalue weighted by molar-refractivity contribution is 5.70. The number of aliphatic carboxylic acids is 1. The van der Waals surface area contributed by atoms with E-state index >= 15 is 0 Å². The molecule has 1 aromatic carbocycles. The standard InChI is InChI=1S/C20H30O3/c1-2-3-4-5-6-14-23-19-12-10-16(11-13-19)17-8-7-9-18(15-17)20(21)22/h10-13,17-18H,2-9,14-15H2,1H3,(H,21,22). The summed E-state index contributed by atoms with van der Waals surface area (Å²) in [5, 5.41) is 9.20. The van der Waals surface area contributed by atoms with Gasteiger partial charge in [0.05, 0.1) is 12.5 Å². The summed E-state index contributed by atoms with van der Waals surface area (Å²) in [6, 6.07) is 8.29. The van der Waals surface area contributed by atoms with Gasteiger partial charge in [-0.05, 0) is 49.3 Å². The van der Waals surface area contributed by atoms with Crippen molar-refractivity contribution in [2.24, 2.45) is 5.92 Å². The van der Waals surface area contributed by atoms with Crippen LogP contribution in [0.15, 0.2) is 24.3 Å². The minimum atomic E-state index is -0.641. The number of benzene rings is 1. The molecule has 3 heteroatoms. The Bertz CT molecular complexity index is 466. The van der Waals surface area contributed by atoms with Crippen LogP contribution in [0.1, 0.15) is 76.2 Å². The van der Waals surface area contributed by atoms with Gasteiger partial charge >= 0.3 is 5.97 Å². The molecule has 0 bridgehead atoms. The topological polar surface area (TPSA) is 46.5 Å². The molecule has 1 aromatic rings. The molecule has 128 valence electrons. The number of unbranched alkanes of at least 4 members (excludes halogenated alkanes) is 4. The molecule has 0 radical (unpaired) electrons. The van der Waals surface area contributed by atoms with Crippen molar-refractivity contribution in [1.82, 2.24) is 0 Å². The average Bonchev–Trinajstić information content (AvgIpc) is 2.58. The lowest BCUT2D eigenvalue weighted by Gasteiger charge is -2.27. The molecule has 1 aliphatic carbocycles. The van der Waals surface area contributed by atoms with Crippen molar-refractivity contribution in [3.63, 3.8) is 0 Å². The van der Waals surface area contributed by atoms with E-state index in [0.29, 0.717) is 5.92 Å². The summed E-state index contributed by atoms with van der Waals surface area (Å²) in [5.41, 5.74) is 1.26. The highest BCUT2D eigenvalue weighted by Gasteiger charge is 2.27. The summed E-state index contributed by atoms with van der Waals surface area (Å²) in [6.07, 6.45) is 9.94. The molecule has 1 N–H and O–H groups in total. The Balaban J connectivity index is 1.76. The summed E-state index contributed by atoms with van der Waals surface area (Å²) < 4.78 is 5.79. The molecule has 3 nitrogen and oxygen atoms in total. The summed E-state index contributed by atoms with van der Waals surface area (Å²) in [7, 11) is 0.